The van der Waals surface area contributed by atoms with Crippen LogP contribution in [0.3, 0.4) is 0 Å². The van der Waals surface area contributed by atoms with Crippen LogP contribution in [0, 0.1) is 0 Å². The average Bonchev–Trinajstić information content (AvgIpc) is 3.48. The second-order valence-electron chi connectivity index (χ2n) is 22.0. The first-order valence-corrected chi connectivity index (χ1v) is 34.0. The van der Waals surface area contributed by atoms with Gasteiger partial charge in [0.25, 0.3) is 0 Å². The molecule has 1 unspecified atom stereocenters. The molecule has 468 valence electrons. The minimum absolute atomic E-state index is 0.0980. The topological polar surface area (TPSA) is 78.9 Å². The van der Waals surface area contributed by atoms with E-state index >= 15 is 0 Å². The fraction of sp³-hybridized carbons (Fsp3) is 0.623. The zero-order valence-electron chi connectivity index (χ0n) is 53.7. The van der Waals surface area contributed by atoms with Crippen molar-refractivity contribution in [3.8, 4) is 0 Å². The summed E-state index contributed by atoms with van der Waals surface area (Å²) >= 11 is 0. The molecule has 0 radical (unpaired) electrons. The number of unbranched alkanes of at least 4 members (excludes halogenated alkanes) is 23. The van der Waals surface area contributed by atoms with E-state index in [-0.39, 0.29) is 37.5 Å². The van der Waals surface area contributed by atoms with E-state index in [1.165, 1.54) is 96.3 Å². The van der Waals surface area contributed by atoms with Crippen molar-refractivity contribution < 1.29 is 28.6 Å². The van der Waals surface area contributed by atoms with Crippen LogP contribution < -0.4 is 0 Å². The minimum Gasteiger partial charge on any atom is -0.462 e. The van der Waals surface area contributed by atoms with Gasteiger partial charge in [-0.25, -0.2) is 0 Å². The first-order chi connectivity index (χ1) is 41.0. The lowest BCUT2D eigenvalue weighted by molar-refractivity contribution is -0.167. The van der Waals surface area contributed by atoms with Gasteiger partial charge in [-0.3, -0.25) is 14.4 Å². The number of carbonyl (C=O) groups is 3. The first kappa shape index (κ1) is 78.0. The van der Waals surface area contributed by atoms with Crippen molar-refractivity contribution in [1.29, 1.82) is 0 Å². The highest BCUT2D eigenvalue weighted by Crippen LogP contribution is 2.15. The largest absolute Gasteiger partial charge is 0.462 e. The number of ether oxygens (including phenoxy) is 3. The predicted octanol–water partition coefficient (Wildman–Crippen LogP) is 23.7. The highest BCUT2D eigenvalue weighted by atomic mass is 16.6. The van der Waals surface area contributed by atoms with Crippen LogP contribution in [0.5, 0.6) is 0 Å². The highest BCUT2D eigenvalue weighted by molar-refractivity contribution is 5.71. The maximum absolute atomic E-state index is 12.9. The minimum atomic E-state index is -0.807. The quantitative estimate of drug-likeness (QED) is 0.0261. The molecule has 0 saturated carbocycles. The molecule has 1 atom stereocenters. The van der Waals surface area contributed by atoms with Gasteiger partial charge in [-0.2, -0.15) is 0 Å². The third-order valence-corrected chi connectivity index (χ3v) is 14.0. The lowest BCUT2D eigenvalue weighted by Gasteiger charge is -2.18. The standard InChI is InChI=1S/C77H124O6/c1-4-7-10-13-16-19-22-25-27-29-31-33-35-37-38-40-41-43-45-47-49-52-55-58-61-64-67-70-76(79)82-73-74(72-81-75(78)69-66-63-60-57-54-51-24-21-18-15-12-9-6-3)83-77(80)71-68-65-62-59-56-53-50-48-46-44-42-39-36-34-32-30-28-26-23-20-17-14-11-8-5-2/h7-8,10-11,16-17,19-20,25-28,31-34,37-39,41-43,46,48,53,56,74H,4-6,9,12-15,18,21-24,29-30,35-36,40,44-45,47,49-52,54-55,57-73H2,1-3H3/b10-7-,11-8-,19-16-,20-17-,27-25-,28-26-,33-31-,34-32-,38-37-,42-39-,43-41-,48-46-,56-53-. The number of allylic oxidation sites excluding steroid dienone is 26. The molecule has 0 N–H and O–H groups in total. The molecule has 83 heavy (non-hydrogen) atoms. The third-order valence-electron chi connectivity index (χ3n) is 14.0. The Bertz CT molecular complexity index is 1840. The van der Waals surface area contributed by atoms with Crippen LogP contribution in [0.25, 0.3) is 0 Å². The number of hydrogen-bond acceptors (Lipinski definition) is 6. The van der Waals surface area contributed by atoms with Gasteiger partial charge in [0.05, 0.1) is 0 Å². The zero-order chi connectivity index (χ0) is 59.9. The maximum atomic E-state index is 12.9. The molecule has 0 rings (SSSR count). The normalized spacial score (nSPS) is 13.1. The molecule has 0 bridgehead atoms. The van der Waals surface area contributed by atoms with Crippen molar-refractivity contribution in [3.63, 3.8) is 0 Å². The summed E-state index contributed by atoms with van der Waals surface area (Å²) in [6.07, 6.45) is 101. The van der Waals surface area contributed by atoms with Gasteiger partial charge in [-0.1, -0.05) is 301 Å². The Balaban J connectivity index is 4.43. The number of hydrogen-bond donors (Lipinski definition) is 0. The van der Waals surface area contributed by atoms with Gasteiger partial charge in [-0.15, -0.1) is 0 Å². The Morgan fingerprint density at radius 3 is 0.747 bits per heavy atom. The molecule has 0 spiro atoms. The Kier molecular flexibility index (Phi) is 65.4. The zero-order valence-corrected chi connectivity index (χ0v) is 53.7. The van der Waals surface area contributed by atoms with Crippen LogP contribution in [0.15, 0.2) is 158 Å². The third kappa shape index (κ3) is 67.7. The van der Waals surface area contributed by atoms with Gasteiger partial charge in [0.15, 0.2) is 6.10 Å². The van der Waals surface area contributed by atoms with Crippen molar-refractivity contribution in [2.45, 2.75) is 297 Å². The second-order valence-corrected chi connectivity index (χ2v) is 22.0. The van der Waals surface area contributed by atoms with E-state index in [0.717, 1.165) is 154 Å². The molecule has 6 nitrogen and oxygen atoms in total. The molecule has 0 aliphatic heterocycles. The van der Waals surface area contributed by atoms with E-state index in [1.807, 2.05) is 0 Å². The summed E-state index contributed by atoms with van der Waals surface area (Å²) in [7, 11) is 0. The maximum Gasteiger partial charge on any atom is 0.306 e. The van der Waals surface area contributed by atoms with Crippen molar-refractivity contribution in [2.24, 2.45) is 0 Å². The summed E-state index contributed by atoms with van der Waals surface area (Å²) in [5.74, 6) is -0.938. The van der Waals surface area contributed by atoms with E-state index in [1.54, 1.807) is 0 Å². The van der Waals surface area contributed by atoms with Crippen molar-refractivity contribution >= 4 is 17.9 Å². The van der Waals surface area contributed by atoms with E-state index in [2.05, 4.69) is 179 Å². The number of carbonyl (C=O) groups excluding carboxylic acids is 3. The van der Waals surface area contributed by atoms with E-state index < -0.39 is 6.10 Å². The molecule has 0 saturated heterocycles. The van der Waals surface area contributed by atoms with Gasteiger partial charge >= 0.3 is 17.9 Å². The van der Waals surface area contributed by atoms with E-state index in [0.29, 0.717) is 12.8 Å². The fourth-order valence-electron chi connectivity index (χ4n) is 9.01. The smallest absolute Gasteiger partial charge is 0.306 e. The van der Waals surface area contributed by atoms with Crippen molar-refractivity contribution in [3.05, 3.63) is 158 Å². The highest BCUT2D eigenvalue weighted by Gasteiger charge is 2.19. The van der Waals surface area contributed by atoms with Crippen LogP contribution in [-0.4, -0.2) is 37.2 Å². The SMILES string of the molecule is CC/C=C\C/C=C\C/C=C\C/C=C\C/C=C\C/C=C\C/C=C\CCCCCC(=O)OC(COC(=O)CCCCCCCCCC/C=C\C/C=C\C/C=C\C/C=C\C/C=C\C/C=C\CC)COC(=O)CCCCCCCCCCCCCCC. The van der Waals surface area contributed by atoms with Crippen LogP contribution in [0.1, 0.15) is 290 Å². The molecule has 0 aliphatic carbocycles. The predicted molar refractivity (Wildman–Crippen MR) is 362 cm³/mol. The molecular weight excluding hydrogens is 1020 g/mol. The van der Waals surface area contributed by atoms with Gasteiger partial charge in [0.1, 0.15) is 13.2 Å². The number of rotatable bonds is 60. The summed E-state index contributed by atoms with van der Waals surface area (Å²) in [4.78, 5) is 38.4. The molecule has 0 heterocycles. The molecule has 0 aliphatic rings. The Morgan fingerprint density at radius 1 is 0.253 bits per heavy atom. The van der Waals surface area contributed by atoms with E-state index in [9.17, 15) is 14.4 Å². The molecular formula is C77H124O6. The van der Waals surface area contributed by atoms with Crippen LogP contribution >= 0.6 is 0 Å². The molecule has 0 aromatic rings. The average molecular weight is 1150 g/mol. The van der Waals surface area contributed by atoms with E-state index in [4.69, 9.17) is 14.2 Å². The lowest BCUT2D eigenvalue weighted by Crippen LogP contribution is -2.30. The van der Waals surface area contributed by atoms with Crippen LogP contribution in [0.4, 0.5) is 0 Å². The van der Waals surface area contributed by atoms with Gasteiger partial charge in [0.2, 0.25) is 0 Å². The summed E-state index contributed by atoms with van der Waals surface area (Å²) in [6, 6.07) is 0. The lowest BCUT2D eigenvalue weighted by atomic mass is 10.0. The Labute approximate surface area is 511 Å². The van der Waals surface area contributed by atoms with Gasteiger partial charge in [0, 0.05) is 19.3 Å². The monoisotopic (exact) mass is 1140 g/mol. The van der Waals surface area contributed by atoms with Crippen molar-refractivity contribution in [1.82, 2.24) is 0 Å². The Morgan fingerprint density at radius 2 is 0.470 bits per heavy atom. The fourth-order valence-corrected chi connectivity index (χ4v) is 9.01. The summed E-state index contributed by atoms with van der Waals surface area (Å²) in [5, 5.41) is 0. The van der Waals surface area contributed by atoms with Crippen LogP contribution in [-0.2, 0) is 28.6 Å². The number of esters is 3. The molecule has 0 amide bonds. The summed E-state index contributed by atoms with van der Waals surface area (Å²) < 4.78 is 16.9. The molecule has 0 aromatic heterocycles. The summed E-state index contributed by atoms with van der Waals surface area (Å²) in [5.41, 5.74) is 0. The van der Waals surface area contributed by atoms with Gasteiger partial charge < -0.3 is 14.2 Å². The summed E-state index contributed by atoms with van der Waals surface area (Å²) in [6.45, 7) is 6.39. The second kappa shape index (κ2) is 69.5. The van der Waals surface area contributed by atoms with Crippen molar-refractivity contribution in [2.75, 3.05) is 13.2 Å². The molecule has 0 fully saturated rings. The van der Waals surface area contributed by atoms with Crippen LogP contribution in [0.2, 0.25) is 0 Å². The first-order valence-electron chi connectivity index (χ1n) is 34.0. The molecule has 6 heteroatoms. The Hall–Kier alpha value is -4.97. The van der Waals surface area contributed by atoms with Gasteiger partial charge in [-0.05, 0) is 128 Å². The molecule has 0 aromatic carbocycles.